The van der Waals surface area contributed by atoms with Crippen molar-refractivity contribution in [1.29, 1.82) is 0 Å². The van der Waals surface area contributed by atoms with E-state index in [-0.39, 0.29) is 5.91 Å². The maximum absolute atomic E-state index is 11.9. The van der Waals surface area contributed by atoms with Gasteiger partial charge in [-0.1, -0.05) is 18.2 Å². The Hall–Kier alpha value is -1.77. The zero-order valence-electron chi connectivity index (χ0n) is 11.3. The molecule has 1 heterocycles. The van der Waals surface area contributed by atoms with Gasteiger partial charge in [0.2, 0.25) is 5.91 Å². The van der Waals surface area contributed by atoms with E-state index in [0.29, 0.717) is 12.5 Å². The second-order valence-electron chi connectivity index (χ2n) is 5.55. The third kappa shape index (κ3) is 2.80. The van der Waals surface area contributed by atoms with E-state index in [1.807, 2.05) is 18.3 Å². The molecule has 100 valence electrons. The van der Waals surface area contributed by atoms with E-state index in [9.17, 15) is 4.79 Å². The molecule has 3 rings (SSSR count). The first-order valence-corrected chi connectivity index (χ1v) is 7.08. The Morgan fingerprint density at radius 1 is 1.42 bits per heavy atom. The molecule has 2 N–H and O–H groups in total. The van der Waals surface area contributed by atoms with E-state index < -0.39 is 0 Å². The van der Waals surface area contributed by atoms with Gasteiger partial charge in [0.05, 0.1) is 0 Å². The molecule has 0 radical (unpaired) electrons. The largest absolute Gasteiger partial charge is 0.361 e. The third-order valence-corrected chi connectivity index (χ3v) is 4.01. The standard InChI is InChI=1S/C16H20N2O/c1-11(12-6-7-12)18-16(19)9-8-13-10-17-15-5-3-2-4-14(13)15/h2-5,10-12,17H,6-9H2,1H3,(H,18,19). The van der Waals surface area contributed by atoms with Crippen molar-refractivity contribution in [1.82, 2.24) is 10.3 Å². The van der Waals surface area contributed by atoms with E-state index in [1.54, 1.807) is 0 Å². The predicted molar refractivity (Wildman–Crippen MR) is 76.9 cm³/mol. The molecule has 3 nitrogen and oxygen atoms in total. The summed E-state index contributed by atoms with van der Waals surface area (Å²) in [5.74, 6) is 0.890. The number of para-hydroxylation sites is 1. The fourth-order valence-corrected chi connectivity index (χ4v) is 2.63. The number of amides is 1. The molecule has 19 heavy (non-hydrogen) atoms. The Morgan fingerprint density at radius 3 is 3.00 bits per heavy atom. The molecule has 3 heteroatoms. The molecule has 1 unspecified atom stereocenters. The third-order valence-electron chi connectivity index (χ3n) is 4.01. The lowest BCUT2D eigenvalue weighted by Crippen LogP contribution is -2.34. The number of carbonyl (C=O) groups excluding carboxylic acids is 1. The smallest absolute Gasteiger partial charge is 0.220 e. The SMILES string of the molecule is CC(NC(=O)CCc1c[nH]c2ccccc12)C1CC1. The van der Waals surface area contributed by atoms with Gasteiger partial charge in [0.15, 0.2) is 0 Å². The van der Waals surface area contributed by atoms with E-state index in [2.05, 4.69) is 29.4 Å². The van der Waals surface area contributed by atoms with Crippen LogP contribution >= 0.6 is 0 Å². The molecule has 1 aromatic heterocycles. The van der Waals surface area contributed by atoms with Crippen LogP contribution in [-0.2, 0) is 11.2 Å². The zero-order valence-corrected chi connectivity index (χ0v) is 11.3. The topological polar surface area (TPSA) is 44.9 Å². The highest BCUT2D eigenvalue weighted by molar-refractivity contribution is 5.84. The average molecular weight is 256 g/mol. The zero-order chi connectivity index (χ0) is 13.2. The van der Waals surface area contributed by atoms with Gasteiger partial charge >= 0.3 is 0 Å². The molecule has 1 aliphatic carbocycles. The number of hydrogen-bond acceptors (Lipinski definition) is 1. The summed E-state index contributed by atoms with van der Waals surface area (Å²) in [7, 11) is 0. The van der Waals surface area contributed by atoms with Crippen molar-refractivity contribution in [2.75, 3.05) is 0 Å². The Balaban J connectivity index is 1.58. The van der Waals surface area contributed by atoms with Crippen LogP contribution in [0.3, 0.4) is 0 Å². The summed E-state index contributed by atoms with van der Waals surface area (Å²) in [6.45, 7) is 2.11. The Bertz CT molecular complexity index is 583. The van der Waals surface area contributed by atoms with Gasteiger partial charge in [-0.25, -0.2) is 0 Å². The highest BCUT2D eigenvalue weighted by Gasteiger charge is 2.28. The molecule has 1 aromatic carbocycles. The number of carbonyl (C=O) groups is 1. The number of rotatable bonds is 5. The summed E-state index contributed by atoms with van der Waals surface area (Å²) < 4.78 is 0. The molecule has 1 saturated carbocycles. The minimum absolute atomic E-state index is 0.171. The predicted octanol–water partition coefficient (Wildman–Crippen LogP) is 3.02. The number of aromatic nitrogens is 1. The second kappa shape index (κ2) is 5.08. The van der Waals surface area contributed by atoms with Crippen LogP contribution in [0, 0.1) is 5.92 Å². The minimum Gasteiger partial charge on any atom is -0.361 e. The van der Waals surface area contributed by atoms with E-state index in [4.69, 9.17) is 0 Å². The van der Waals surface area contributed by atoms with Gasteiger partial charge in [-0.15, -0.1) is 0 Å². The molecular formula is C16H20N2O. The van der Waals surface area contributed by atoms with Gasteiger partial charge in [-0.3, -0.25) is 4.79 Å². The highest BCUT2D eigenvalue weighted by Crippen LogP contribution is 2.32. The fourth-order valence-electron chi connectivity index (χ4n) is 2.63. The van der Waals surface area contributed by atoms with Gasteiger partial charge in [-0.05, 0) is 43.7 Å². The Labute approximate surface area is 113 Å². The number of fused-ring (bicyclic) bond motifs is 1. The van der Waals surface area contributed by atoms with Crippen molar-refractivity contribution in [3.05, 3.63) is 36.0 Å². The molecule has 0 aliphatic heterocycles. The van der Waals surface area contributed by atoms with Crippen LogP contribution in [0.4, 0.5) is 0 Å². The molecule has 2 aromatic rings. The quantitative estimate of drug-likeness (QED) is 0.848. The number of aromatic amines is 1. The molecule has 0 spiro atoms. The summed E-state index contributed by atoms with van der Waals surface area (Å²) in [5.41, 5.74) is 2.37. The first kappa shape index (κ1) is 12.3. The lowest BCUT2D eigenvalue weighted by molar-refractivity contribution is -0.121. The van der Waals surface area contributed by atoms with Gasteiger partial charge in [0, 0.05) is 29.6 Å². The first-order valence-electron chi connectivity index (χ1n) is 7.08. The molecule has 1 amide bonds. The van der Waals surface area contributed by atoms with Crippen molar-refractivity contribution >= 4 is 16.8 Å². The van der Waals surface area contributed by atoms with Crippen molar-refractivity contribution in [3.63, 3.8) is 0 Å². The van der Waals surface area contributed by atoms with E-state index in [1.165, 1.54) is 23.8 Å². The van der Waals surface area contributed by atoms with Crippen LogP contribution in [-0.4, -0.2) is 16.9 Å². The summed E-state index contributed by atoms with van der Waals surface area (Å²) in [6, 6.07) is 8.57. The Kier molecular flexibility index (Phi) is 3.28. The second-order valence-corrected chi connectivity index (χ2v) is 5.55. The molecule has 1 atom stereocenters. The lowest BCUT2D eigenvalue weighted by Gasteiger charge is -2.12. The van der Waals surface area contributed by atoms with Gasteiger partial charge in [0.1, 0.15) is 0 Å². The van der Waals surface area contributed by atoms with Gasteiger partial charge in [0.25, 0.3) is 0 Å². The monoisotopic (exact) mass is 256 g/mol. The first-order chi connectivity index (χ1) is 9.24. The summed E-state index contributed by atoms with van der Waals surface area (Å²) >= 11 is 0. The van der Waals surface area contributed by atoms with Crippen molar-refractivity contribution in [3.8, 4) is 0 Å². The molecule has 0 saturated heterocycles. The fraction of sp³-hybridized carbons (Fsp3) is 0.438. The number of H-pyrrole nitrogens is 1. The maximum atomic E-state index is 11.9. The molecule has 1 aliphatic rings. The highest BCUT2D eigenvalue weighted by atomic mass is 16.1. The van der Waals surface area contributed by atoms with Crippen LogP contribution in [0.1, 0.15) is 31.7 Å². The maximum Gasteiger partial charge on any atom is 0.220 e. The number of benzene rings is 1. The average Bonchev–Trinajstić information content (AvgIpc) is 3.18. The number of aryl methyl sites for hydroxylation is 1. The molecule has 1 fully saturated rings. The van der Waals surface area contributed by atoms with Crippen LogP contribution in [0.2, 0.25) is 0 Å². The van der Waals surface area contributed by atoms with Crippen molar-refractivity contribution in [2.45, 2.75) is 38.6 Å². The van der Waals surface area contributed by atoms with E-state index in [0.717, 1.165) is 17.9 Å². The van der Waals surface area contributed by atoms with Gasteiger partial charge in [-0.2, -0.15) is 0 Å². The van der Waals surface area contributed by atoms with Crippen molar-refractivity contribution < 1.29 is 4.79 Å². The van der Waals surface area contributed by atoms with E-state index >= 15 is 0 Å². The number of hydrogen-bond donors (Lipinski definition) is 2. The lowest BCUT2D eigenvalue weighted by atomic mass is 10.1. The minimum atomic E-state index is 0.171. The van der Waals surface area contributed by atoms with Gasteiger partial charge < -0.3 is 10.3 Å². The van der Waals surface area contributed by atoms with Crippen LogP contribution < -0.4 is 5.32 Å². The van der Waals surface area contributed by atoms with Crippen LogP contribution in [0.25, 0.3) is 10.9 Å². The number of nitrogens with one attached hydrogen (secondary N) is 2. The molecular weight excluding hydrogens is 236 g/mol. The summed E-state index contributed by atoms with van der Waals surface area (Å²) in [5, 5.41) is 4.33. The molecule has 0 bridgehead atoms. The summed E-state index contributed by atoms with van der Waals surface area (Å²) in [6.07, 6.45) is 5.92. The summed E-state index contributed by atoms with van der Waals surface area (Å²) in [4.78, 5) is 15.1. The Morgan fingerprint density at radius 2 is 2.21 bits per heavy atom. The van der Waals surface area contributed by atoms with Crippen molar-refractivity contribution in [2.24, 2.45) is 5.92 Å². The normalized spacial score (nSPS) is 16.5. The van der Waals surface area contributed by atoms with Crippen LogP contribution in [0.5, 0.6) is 0 Å². The van der Waals surface area contributed by atoms with Crippen LogP contribution in [0.15, 0.2) is 30.5 Å².